The minimum Gasteiger partial charge on any atom is -0.491 e. The minimum absolute atomic E-state index is 0.0156. The molecule has 6 heterocycles. The molecule has 2 N–H and O–H groups in total. The molecule has 0 unspecified atom stereocenters. The predicted molar refractivity (Wildman–Crippen MR) is 139 cm³/mol. The number of pyridine rings is 3. The Hall–Kier alpha value is -2.95. The number of hydrogen-bond donors (Lipinski definition) is 2. The standard InChI is InChI=1S/C26H30N6O3S/c1-34-23-7-5-19-25(31-23)24-17(14-35-20(24)11-28-19)13-32-8-2-3-16(12-32)9-27-10-18-4-6-21-26(29-18)30-22(33)15-36-21/h4-7,11,16-17,27H,2-3,8-10,12-15H2,1H3,(H,29,30,33)/t16-,17-/m0/s1. The second-order valence-corrected chi connectivity index (χ2v) is 10.7. The van der Waals surface area contributed by atoms with E-state index in [0.717, 1.165) is 59.1 Å². The zero-order chi connectivity index (χ0) is 24.5. The molecule has 3 aliphatic heterocycles. The summed E-state index contributed by atoms with van der Waals surface area (Å²) in [4.78, 5) is 29.1. The van der Waals surface area contributed by atoms with E-state index in [0.29, 0.717) is 36.5 Å². The Labute approximate surface area is 214 Å². The number of nitrogens with one attached hydrogen (secondary N) is 2. The van der Waals surface area contributed by atoms with Crippen molar-refractivity contribution in [3.05, 3.63) is 41.7 Å². The van der Waals surface area contributed by atoms with Gasteiger partial charge in [-0.15, -0.1) is 11.8 Å². The van der Waals surface area contributed by atoms with Crippen LogP contribution in [-0.2, 0) is 11.3 Å². The van der Waals surface area contributed by atoms with E-state index in [2.05, 4.69) is 31.6 Å². The third kappa shape index (κ3) is 4.85. The number of nitrogens with zero attached hydrogens (tertiary/aromatic N) is 4. The molecule has 0 aliphatic carbocycles. The van der Waals surface area contributed by atoms with Crippen LogP contribution in [0.2, 0.25) is 0 Å². The maximum atomic E-state index is 11.7. The van der Waals surface area contributed by atoms with Crippen LogP contribution in [0, 0.1) is 5.92 Å². The monoisotopic (exact) mass is 506 g/mol. The molecule has 3 aromatic rings. The molecule has 9 nitrogen and oxygen atoms in total. The fourth-order valence-electron chi connectivity index (χ4n) is 5.39. The Kier molecular flexibility index (Phi) is 6.64. The van der Waals surface area contributed by atoms with Gasteiger partial charge in [0.2, 0.25) is 11.8 Å². The summed E-state index contributed by atoms with van der Waals surface area (Å²) >= 11 is 1.54. The summed E-state index contributed by atoms with van der Waals surface area (Å²) in [5, 5.41) is 6.46. The Morgan fingerprint density at radius 1 is 1.28 bits per heavy atom. The van der Waals surface area contributed by atoms with E-state index in [1.54, 1.807) is 18.9 Å². The normalized spacial score (nSPS) is 21.5. The zero-order valence-electron chi connectivity index (χ0n) is 20.3. The van der Waals surface area contributed by atoms with Crippen molar-refractivity contribution in [2.45, 2.75) is 30.2 Å². The van der Waals surface area contributed by atoms with E-state index < -0.39 is 0 Å². The van der Waals surface area contributed by atoms with Crippen LogP contribution in [0.25, 0.3) is 11.0 Å². The van der Waals surface area contributed by atoms with Crippen molar-refractivity contribution in [2.24, 2.45) is 5.92 Å². The lowest BCUT2D eigenvalue weighted by molar-refractivity contribution is -0.113. The second kappa shape index (κ2) is 10.2. The van der Waals surface area contributed by atoms with Crippen LogP contribution < -0.4 is 20.1 Å². The zero-order valence-corrected chi connectivity index (χ0v) is 21.1. The Bertz CT molecular complexity index is 1290. The number of piperidine rings is 1. The highest BCUT2D eigenvalue weighted by molar-refractivity contribution is 8.00. The van der Waals surface area contributed by atoms with E-state index in [4.69, 9.17) is 14.5 Å². The van der Waals surface area contributed by atoms with Crippen LogP contribution in [0.5, 0.6) is 11.6 Å². The van der Waals surface area contributed by atoms with Gasteiger partial charge in [0.1, 0.15) is 17.1 Å². The molecule has 6 rings (SSSR count). The smallest absolute Gasteiger partial charge is 0.235 e. The summed E-state index contributed by atoms with van der Waals surface area (Å²) in [5.74, 6) is 3.46. The number of thioether (sulfide) groups is 1. The Morgan fingerprint density at radius 2 is 2.22 bits per heavy atom. The van der Waals surface area contributed by atoms with Crippen molar-refractivity contribution in [2.75, 3.05) is 51.0 Å². The van der Waals surface area contributed by atoms with Crippen molar-refractivity contribution >= 4 is 34.5 Å². The van der Waals surface area contributed by atoms with Crippen LogP contribution in [0.3, 0.4) is 0 Å². The molecule has 1 amide bonds. The van der Waals surface area contributed by atoms with Gasteiger partial charge in [-0.3, -0.25) is 9.78 Å². The van der Waals surface area contributed by atoms with Gasteiger partial charge < -0.3 is 25.0 Å². The first-order chi connectivity index (χ1) is 17.7. The van der Waals surface area contributed by atoms with E-state index in [1.165, 1.54) is 12.8 Å². The number of amides is 1. The van der Waals surface area contributed by atoms with Crippen LogP contribution in [0.15, 0.2) is 35.4 Å². The lowest BCUT2D eigenvalue weighted by atomic mass is 9.94. The average molecular weight is 507 g/mol. The predicted octanol–water partition coefficient (Wildman–Crippen LogP) is 3.06. The summed E-state index contributed by atoms with van der Waals surface area (Å²) < 4.78 is 11.4. The van der Waals surface area contributed by atoms with Gasteiger partial charge in [-0.05, 0) is 50.0 Å². The molecule has 0 aromatic carbocycles. The molecular weight excluding hydrogens is 476 g/mol. The molecule has 0 radical (unpaired) electrons. The molecule has 188 valence electrons. The summed E-state index contributed by atoms with van der Waals surface area (Å²) in [5.41, 5.74) is 3.87. The molecule has 1 saturated heterocycles. The van der Waals surface area contributed by atoms with E-state index in [1.807, 2.05) is 24.4 Å². The molecule has 2 atom stereocenters. The van der Waals surface area contributed by atoms with Gasteiger partial charge in [0, 0.05) is 37.2 Å². The molecule has 36 heavy (non-hydrogen) atoms. The largest absolute Gasteiger partial charge is 0.491 e. The highest BCUT2D eigenvalue weighted by Crippen LogP contribution is 2.39. The van der Waals surface area contributed by atoms with Gasteiger partial charge in [-0.2, -0.15) is 0 Å². The molecular formula is C26H30N6O3S. The van der Waals surface area contributed by atoms with Gasteiger partial charge in [0.15, 0.2) is 0 Å². The summed E-state index contributed by atoms with van der Waals surface area (Å²) in [6, 6.07) is 7.91. The molecule has 3 aromatic heterocycles. The van der Waals surface area contributed by atoms with Gasteiger partial charge in [-0.25, -0.2) is 9.97 Å². The number of carbonyl (C=O) groups is 1. The SMILES string of the molecule is COc1ccc2ncc3c(c2n1)[C@@H](CN1CCC[C@@H](CNCc2ccc4c(n2)NC(=O)CS4)C1)CO3. The maximum absolute atomic E-state index is 11.7. The van der Waals surface area contributed by atoms with Crippen LogP contribution in [0.1, 0.15) is 30.0 Å². The molecule has 3 aliphatic rings. The number of fused-ring (bicyclic) bond motifs is 4. The van der Waals surface area contributed by atoms with E-state index in [-0.39, 0.29) is 11.8 Å². The van der Waals surface area contributed by atoms with Crippen LogP contribution in [-0.4, -0.2) is 71.4 Å². The van der Waals surface area contributed by atoms with Crippen molar-refractivity contribution in [3.8, 4) is 11.6 Å². The second-order valence-electron chi connectivity index (χ2n) is 9.65. The molecule has 1 fully saturated rings. The average Bonchev–Trinajstić information content (AvgIpc) is 3.31. The first kappa shape index (κ1) is 23.4. The van der Waals surface area contributed by atoms with Gasteiger partial charge in [0.25, 0.3) is 0 Å². The van der Waals surface area contributed by atoms with E-state index in [9.17, 15) is 4.79 Å². The molecule has 0 saturated carbocycles. The number of rotatable bonds is 7. The number of ether oxygens (including phenoxy) is 2. The van der Waals surface area contributed by atoms with Gasteiger partial charge in [0.05, 0.1) is 41.8 Å². The number of aromatic nitrogens is 3. The van der Waals surface area contributed by atoms with Crippen molar-refractivity contribution in [1.29, 1.82) is 0 Å². The van der Waals surface area contributed by atoms with Gasteiger partial charge >= 0.3 is 0 Å². The van der Waals surface area contributed by atoms with Crippen molar-refractivity contribution < 1.29 is 14.3 Å². The number of anilines is 1. The highest BCUT2D eigenvalue weighted by Gasteiger charge is 2.31. The number of methoxy groups -OCH3 is 1. The number of likely N-dealkylation sites (tertiary alicyclic amines) is 1. The van der Waals surface area contributed by atoms with Gasteiger partial charge in [-0.1, -0.05) is 0 Å². The molecule has 10 heteroatoms. The highest BCUT2D eigenvalue weighted by atomic mass is 32.2. The summed E-state index contributed by atoms with van der Waals surface area (Å²) in [7, 11) is 1.64. The fourth-order valence-corrected chi connectivity index (χ4v) is 6.15. The number of hydrogen-bond acceptors (Lipinski definition) is 9. The third-order valence-corrected chi connectivity index (χ3v) is 8.15. The molecule has 0 spiro atoms. The third-order valence-electron chi connectivity index (χ3n) is 7.10. The Morgan fingerprint density at radius 3 is 3.14 bits per heavy atom. The van der Waals surface area contributed by atoms with Crippen LogP contribution in [0.4, 0.5) is 5.82 Å². The van der Waals surface area contributed by atoms with Crippen molar-refractivity contribution in [1.82, 2.24) is 25.2 Å². The topological polar surface area (TPSA) is 102 Å². The lowest BCUT2D eigenvalue weighted by Gasteiger charge is -2.34. The summed E-state index contributed by atoms with van der Waals surface area (Å²) in [6.45, 7) is 5.41. The Balaban J connectivity index is 1.06. The first-order valence-corrected chi connectivity index (χ1v) is 13.5. The number of carbonyl (C=O) groups excluding carboxylic acids is 1. The van der Waals surface area contributed by atoms with Crippen LogP contribution >= 0.6 is 11.8 Å². The maximum Gasteiger partial charge on any atom is 0.235 e. The lowest BCUT2D eigenvalue weighted by Crippen LogP contribution is -2.41. The quantitative estimate of drug-likeness (QED) is 0.501. The minimum atomic E-state index is 0.0156. The summed E-state index contributed by atoms with van der Waals surface area (Å²) in [6.07, 6.45) is 4.24. The van der Waals surface area contributed by atoms with Crippen molar-refractivity contribution in [3.63, 3.8) is 0 Å². The first-order valence-electron chi connectivity index (χ1n) is 12.5. The molecule has 0 bridgehead atoms. The fraction of sp³-hybridized carbons (Fsp3) is 0.462. The van der Waals surface area contributed by atoms with E-state index >= 15 is 0 Å².